The molecule has 0 aromatic heterocycles. The van der Waals surface area contributed by atoms with Gasteiger partial charge in [-0.25, -0.2) is 0 Å². The fraction of sp³-hybridized carbons (Fsp3) is 0.857. The molecule has 3 aliphatic rings. The summed E-state index contributed by atoms with van der Waals surface area (Å²) < 4.78 is 5.38. The van der Waals surface area contributed by atoms with Gasteiger partial charge in [0.1, 0.15) is 0 Å². The van der Waals surface area contributed by atoms with Crippen molar-refractivity contribution in [3.63, 3.8) is 0 Å². The molecule has 2 aliphatic heterocycles. The van der Waals surface area contributed by atoms with Gasteiger partial charge in [-0.05, 0) is 38.0 Å². The second kappa shape index (κ2) is 5.12. The van der Waals surface area contributed by atoms with Crippen LogP contribution in [0, 0.1) is 17.8 Å². The van der Waals surface area contributed by atoms with E-state index in [9.17, 15) is 9.59 Å². The van der Waals surface area contributed by atoms with Gasteiger partial charge < -0.3 is 14.7 Å². The monoisotopic (exact) mass is 267 g/mol. The zero-order valence-corrected chi connectivity index (χ0v) is 11.1. The van der Waals surface area contributed by atoms with Crippen molar-refractivity contribution in [3.8, 4) is 0 Å². The Morgan fingerprint density at radius 3 is 2.47 bits per heavy atom. The van der Waals surface area contributed by atoms with Crippen LogP contribution in [-0.2, 0) is 14.3 Å². The van der Waals surface area contributed by atoms with Gasteiger partial charge in [0, 0.05) is 25.8 Å². The van der Waals surface area contributed by atoms with E-state index >= 15 is 0 Å². The van der Waals surface area contributed by atoms with E-state index in [1.54, 1.807) is 0 Å². The number of nitrogens with zero attached hydrogens (tertiary/aromatic N) is 1. The van der Waals surface area contributed by atoms with Crippen molar-refractivity contribution in [2.75, 3.05) is 19.8 Å². The van der Waals surface area contributed by atoms with E-state index in [0.29, 0.717) is 18.4 Å². The van der Waals surface area contributed by atoms with Crippen molar-refractivity contribution >= 4 is 11.9 Å². The van der Waals surface area contributed by atoms with E-state index in [1.165, 1.54) is 0 Å². The third kappa shape index (κ3) is 2.48. The lowest BCUT2D eigenvalue weighted by molar-refractivity contribution is -0.142. The Balaban J connectivity index is 1.63. The van der Waals surface area contributed by atoms with Gasteiger partial charge in [0.15, 0.2) is 0 Å². The molecule has 1 amide bonds. The van der Waals surface area contributed by atoms with Crippen LogP contribution in [0.15, 0.2) is 0 Å². The molecule has 19 heavy (non-hydrogen) atoms. The van der Waals surface area contributed by atoms with Crippen LogP contribution >= 0.6 is 0 Å². The predicted molar refractivity (Wildman–Crippen MR) is 67.5 cm³/mol. The first-order chi connectivity index (χ1) is 9.18. The Hall–Kier alpha value is -1.10. The maximum absolute atomic E-state index is 12.4. The third-order valence-corrected chi connectivity index (χ3v) is 4.82. The summed E-state index contributed by atoms with van der Waals surface area (Å²) in [5.74, 6) is -0.870. The number of rotatable bonds is 3. The summed E-state index contributed by atoms with van der Waals surface area (Å²) in [5, 5.41) is 8.94. The van der Waals surface area contributed by atoms with Crippen LogP contribution in [0.1, 0.15) is 32.1 Å². The lowest BCUT2D eigenvalue weighted by atomic mass is 9.90. The van der Waals surface area contributed by atoms with Crippen LogP contribution in [-0.4, -0.2) is 47.7 Å². The second-order valence-electron chi connectivity index (χ2n) is 5.98. The maximum Gasteiger partial charge on any atom is 0.307 e. The number of carboxylic acid groups (broad SMARTS) is 1. The number of likely N-dealkylation sites (tertiary alicyclic amines) is 1. The van der Waals surface area contributed by atoms with Crippen molar-refractivity contribution in [1.82, 2.24) is 4.90 Å². The highest BCUT2D eigenvalue weighted by atomic mass is 16.5. The first kappa shape index (κ1) is 12.9. The molecule has 1 aliphatic carbocycles. The molecule has 106 valence electrons. The fourth-order valence-electron chi connectivity index (χ4n) is 3.61. The highest BCUT2D eigenvalue weighted by molar-refractivity contribution is 5.89. The molecule has 0 radical (unpaired) electrons. The Kier molecular flexibility index (Phi) is 3.48. The van der Waals surface area contributed by atoms with Gasteiger partial charge in [-0.15, -0.1) is 0 Å². The van der Waals surface area contributed by atoms with Gasteiger partial charge >= 0.3 is 5.97 Å². The zero-order valence-electron chi connectivity index (χ0n) is 11.1. The molecular formula is C14H21NO4. The topological polar surface area (TPSA) is 66.8 Å². The Bertz CT molecular complexity index is 378. The third-order valence-electron chi connectivity index (χ3n) is 4.82. The first-order valence-electron chi connectivity index (χ1n) is 7.29. The SMILES string of the molecule is O=C(O)C1CC1C(=O)N1CCCC1C1CCOCC1. The average molecular weight is 267 g/mol. The van der Waals surface area contributed by atoms with Crippen molar-refractivity contribution in [2.24, 2.45) is 17.8 Å². The molecule has 3 rings (SSSR count). The van der Waals surface area contributed by atoms with E-state index in [4.69, 9.17) is 9.84 Å². The molecule has 0 aromatic rings. The molecular weight excluding hydrogens is 246 g/mol. The van der Waals surface area contributed by atoms with Crippen molar-refractivity contribution in [2.45, 2.75) is 38.1 Å². The van der Waals surface area contributed by atoms with E-state index in [2.05, 4.69) is 0 Å². The molecule has 0 spiro atoms. The van der Waals surface area contributed by atoms with Crippen LogP contribution in [0.3, 0.4) is 0 Å². The molecule has 3 atom stereocenters. The van der Waals surface area contributed by atoms with Crippen LogP contribution in [0.2, 0.25) is 0 Å². The standard InChI is InChI=1S/C14H21NO4/c16-13(10-8-11(10)14(17)18)15-5-1-2-12(15)9-3-6-19-7-4-9/h9-12H,1-8H2,(H,17,18). The Morgan fingerprint density at radius 1 is 1.11 bits per heavy atom. The van der Waals surface area contributed by atoms with E-state index in [0.717, 1.165) is 45.4 Å². The van der Waals surface area contributed by atoms with Gasteiger partial charge in [-0.3, -0.25) is 9.59 Å². The number of hydrogen-bond donors (Lipinski definition) is 1. The molecule has 2 saturated heterocycles. The van der Waals surface area contributed by atoms with Crippen LogP contribution < -0.4 is 0 Å². The molecule has 3 fully saturated rings. The summed E-state index contributed by atoms with van der Waals surface area (Å²) in [6.45, 7) is 2.40. The lowest BCUT2D eigenvalue weighted by Crippen LogP contribution is -2.43. The van der Waals surface area contributed by atoms with E-state index in [-0.39, 0.29) is 11.8 Å². The minimum absolute atomic E-state index is 0.0846. The minimum Gasteiger partial charge on any atom is -0.481 e. The first-order valence-corrected chi connectivity index (χ1v) is 7.29. The van der Waals surface area contributed by atoms with Crippen LogP contribution in [0.5, 0.6) is 0 Å². The van der Waals surface area contributed by atoms with Crippen LogP contribution in [0.4, 0.5) is 0 Å². The number of carboxylic acids is 1. The average Bonchev–Trinajstić information content (AvgIpc) is 3.08. The molecule has 0 aromatic carbocycles. The fourth-order valence-corrected chi connectivity index (χ4v) is 3.61. The smallest absolute Gasteiger partial charge is 0.307 e. The lowest BCUT2D eigenvalue weighted by Gasteiger charge is -2.34. The van der Waals surface area contributed by atoms with Gasteiger partial charge in [-0.2, -0.15) is 0 Å². The van der Waals surface area contributed by atoms with Gasteiger partial charge in [0.25, 0.3) is 0 Å². The maximum atomic E-state index is 12.4. The molecule has 5 heteroatoms. The van der Waals surface area contributed by atoms with Gasteiger partial charge in [0.05, 0.1) is 11.8 Å². The molecule has 2 heterocycles. The number of carbonyl (C=O) groups excluding carboxylic acids is 1. The van der Waals surface area contributed by atoms with Crippen LogP contribution in [0.25, 0.3) is 0 Å². The summed E-state index contributed by atoms with van der Waals surface area (Å²) >= 11 is 0. The van der Waals surface area contributed by atoms with E-state index < -0.39 is 11.9 Å². The summed E-state index contributed by atoms with van der Waals surface area (Å²) in [7, 11) is 0. The number of amides is 1. The quantitative estimate of drug-likeness (QED) is 0.832. The number of aliphatic carboxylic acids is 1. The number of hydrogen-bond acceptors (Lipinski definition) is 3. The largest absolute Gasteiger partial charge is 0.481 e. The molecule has 3 unspecified atom stereocenters. The number of carbonyl (C=O) groups is 2. The minimum atomic E-state index is -0.819. The molecule has 0 bridgehead atoms. The van der Waals surface area contributed by atoms with Gasteiger partial charge in [-0.1, -0.05) is 0 Å². The van der Waals surface area contributed by atoms with Crippen molar-refractivity contribution < 1.29 is 19.4 Å². The molecule has 1 saturated carbocycles. The summed E-state index contributed by atoms with van der Waals surface area (Å²) in [5.41, 5.74) is 0. The van der Waals surface area contributed by atoms with Crippen molar-refractivity contribution in [3.05, 3.63) is 0 Å². The zero-order chi connectivity index (χ0) is 13.4. The highest BCUT2D eigenvalue weighted by Crippen LogP contribution is 2.42. The summed E-state index contributed by atoms with van der Waals surface area (Å²) in [6.07, 6.45) is 4.72. The van der Waals surface area contributed by atoms with Gasteiger partial charge in [0.2, 0.25) is 5.91 Å². The molecule has 1 N–H and O–H groups in total. The van der Waals surface area contributed by atoms with Crippen molar-refractivity contribution in [1.29, 1.82) is 0 Å². The summed E-state index contributed by atoms with van der Waals surface area (Å²) in [4.78, 5) is 25.3. The predicted octanol–water partition coefficient (Wildman–Crippen LogP) is 1.12. The van der Waals surface area contributed by atoms with E-state index in [1.807, 2.05) is 4.90 Å². The normalized spacial score (nSPS) is 35.4. The Labute approximate surface area is 112 Å². The molecule has 5 nitrogen and oxygen atoms in total. The second-order valence-corrected chi connectivity index (χ2v) is 5.98. The highest BCUT2D eigenvalue weighted by Gasteiger charge is 2.51. The Morgan fingerprint density at radius 2 is 1.84 bits per heavy atom. The number of ether oxygens (including phenoxy) is 1. The summed E-state index contributed by atoms with van der Waals surface area (Å²) in [6, 6.07) is 0.325.